The maximum Gasteiger partial charge on any atom is 0.335 e. The highest BCUT2D eigenvalue weighted by molar-refractivity contribution is 6.13. The van der Waals surface area contributed by atoms with Crippen LogP contribution in [0.5, 0.6) is 11.5 Å². The van der Waals surface area contributed by atoms with E-state index >= 15 is 0 Å². The van der Waals surface area contributed by atoms with Gasteiger partial charge in [-0.3, -0.25) is 29.3 Å². The molecule has 13 heteroatoms. The van der Waals surface area contributed by atoms with Gasteiger partial charge in [0.25, 0.3) is 11.8 Å². The van der Waals surface area contributed by atoms with Gasteiger partial charge in [0.2, 0.25) is 0 Å². The van der Waals surface area contributed by atoms with Gasteiger partial charge in [0, 0.05) is 43.8 Å². The van der Waals surface area contributed by atoms with E-state index in [1.807, 2.05) is 36.7 Å². The number of benzene rings is 3. The first-order valence-corrected chi connectivity index (χ1v) is 16.5. The molecule has 0 saturated carbocycles. The number of carboxylic acid groups (broad SMARTS) is 1. The number of para-hydroxylation sites is 1. The third-order valence-corrected chi connectivity index (χ3v) is 8.37. The third-order valence-electron chi connectivity index (χ3n) is 8.37. The molecule has 0 aliphatic rings. The molecule has 3 N–H and O–H groups in total. The van der Waals surface area contributed by atoms with Gasteiger partial charge >= 0.3 is 5.97 Å². The summed E-state index contributed by atoms with van der Waals surface area (Å²) in [6.07, 6.45) is 7.64. The summed E-state index contributed by atoms with van der Waals surface area (Å²) >= 11 is 0. The predicted octanol–water partition coefficient (Wildman–Crippen LogP) is 6.05. The number of hydrogen-bond acceptors (Lipinski definition) is 10. The Hall–Kier alpha value is -6.86. The van der Waals surface area contributed by atoms with Crippen LogP contribution in [0.2, 0.25) is 0 Å². The number of carboxylic acids is 1. The topological polar surface area (TPSA) is 173 Å². The molecule has 268 valence electrons. The molecule has 3 aromatic carbocycles. The van der Waals surface area contributed by atoms with Crippen LogP contribution in [0.4, 0.5) is 11.4 Å². The number of aromatic nitrogens is 2. The summed E-state index contributed by atoms with van der Waals surface area (Å²) < 4.78 is 16.3. The van der Waals surface area contributed by atoms with Crippen LogP contribution in [0.1, 0.15) is 48.0 Å². The van der Waals surface area contributed by atoms with Crippen molar-refractivity contribution in [1.82, 2.24) is 14.9 Å². The summed E-state index contributed by atoms with van der Waals surface area (Å²) in [4.78, 5) is 61.8. The summed E-state index contributed by atoms with van der Waals surface area (Å²) in [6.45, 7) is 1.92. The second kappa shape index (κ2) is 16.4. The fourth-order valence-corrected chi connectivity index (χ4v) is 5.67. The van der Waals surface area contributed by atoms with E-state index in [0.717, 1.165) is 22.8 Å². The highest BCUT2D eigenvalue weighted by Crippen LogP contribution is 2.23. The van der Waals surface area contributed by atoms with E-state index < -0.39 is 23.2 Å². The van der Waals surface area contributed by atoms with Crippen molar-refractivity contribution in [1.29, 1.82) is 0 Å². The number of carbonyl (C=O) groups excluding carboxylic acids is 2. The van der Waals surface area contributed by atoms with Gasteiger partial charge in [0.05, 0.1) is 48.8 Å². The molecular weight excluding hydrogens is 678 g/mol. The lowest BCUT2D eigenvalue weighted by molar-refractivity contribution is 0.0696. The number of nitrogens with one attached hydrogen (secondary N) is 2. The van der Waals surface area contributed by atoms with Gasteiger partial charge in [-0.1, -0.05) is 24.3 Å². The van der Waals surface area contributed by atoms with Crippen molar-refractivity contribution in [2.24, 2.45) is 0 Å². The number of amides is 2. The Balaban J connectivity index is 1.15. The first-order valence-electron chi connectivity index (χ1n) is 16.5. The molecule has 13 nitrogen and oxygen atoms in total. The molecule has 0 aliphatic carbocycles. The van der Waals surface area contributed by atoms with E-state index in [1.165, 1.54) is 18.2 Å². The second-order valence-electron chi connectivity index (χ2n) is 12.1. The Morgan fingerprint density at radius 2 is 1.42 bits per heavy atom. The third kappa shape index (κ3) is 9.09. The monoisotopic (exact) mass is 713 g/mol. The molecule has 0 radical (unpaired) electrons. The highest BCUT2D eigenvalue weighted by atomic mass is 16.5. The molecule has 0 aliphatic heterocycles. The minimum atomic E-state index is -1.25. The smallest absolute Gasteiger partial charge is 0.335 e. The summed E-state index contributed by atoms with van der Waals surface area (Å²) in [5.41, 5.74) is 3.06. The minimum Gasteiger partial charge on any atom is -0.495 e. The molecule has 3 heterocycles. The van der Waals surface area contributed by atoms with Crippen molar-refractivity contribution in [3.8, 4) is 11.5 Å². The Morgan fingerprint density at radius 3 is 2.06 bits per heavy atom. The van der Waals surface area contributed by atoms with E-state index in [0.29, 0.717) is 48.6 Å². The molecule has 6 aromatic rings. The van der Waals surface area contributed by atoms with E-state index in [-0.39, 0.29) is 28.2 Å². The largest absolute Gasteiger partial charge is 0.495 e. The molecule has 0 atom stereocenters. The lowest BCUT2D eigenvalue weighted by Crippen LogP contribution is -2.25. The van der Waals surface area contributed by atoms with Gasteiger partial charge in [-0.25, -0.2) is 4.79 Å². The van der Waals surface area contributed by atoms with Crippen LogP contribution < -0.4 is 25.5 Å². The van der Waals surface area contributed by atoms with Gasteiger partial charge in [-0.15, -0.1) is 0 Å². The van der Waals surface area contributed by atoms with E-state index in [2.05, 4.69) is 25.5 Å². The quantitative estimate of drug-likeness (QED) is 0.120. The maximum atomic E-state index is 13.5. The average molecular weight is 714 g/mol. The van der Waals surface area contributed by atoms with Gasteiger partial charge < -0.3 is 29.6 Å². The Labute approximate surface area is 303 Å². The second-order valence-corrected chi connectivity index (χ2v) is 12.1. The lowest BCUT2D eigenvalue weighted by atomic mass is 10.1. The predicted molar refractivity (Wildman–Crippen MR) is 198 cm³/mol. The first kappa shape index (κ1) is 35.9. The number of nitrogens with zero attached hydrogens (tertiary/aromatic N) is 3. The maximum absolute atomic E-state index is 13.5. The Morgan fingerprint density at radius 1 is 0.755 bits per heavy atom. The number of fused-ring (bicyclic) bond motifs is 1. The van der Waals surface area contributed by atoms with Crippen LogP contribution in [-0.2, 0) is 19.5 Å². The van der Waals surface area contributed by atoms with Crippen LogP contribution in [0.15, 0.2) is 119 Å². The zero-order valence-corrected chi connectivity index (χ0v) is 28.9. The number of aromatic carboxylic acids is 1. The first-order chi connectivity index (χ1) is 25.7. The number of pyridine rings is 2. The Bertz CT molecular complexity index is 2290. The number of rotatable bonds is 14. The van der Waals surface area contributed by atoms with Gasteiger partial charge in [0.15, 0.2) is 11.2 Å². The molecule has 6 rings (SSSR count). The van der Waals surface area contributed by atoms with Gasteiger partial charge in [-0.2, -0.15) is 0 Å². The van der Waals surface area contributed by atoms with E-state index in [1.54, 1.807) is 63.0 Å². The molecule has 0 bridgehead atoms. The zero-order chi connectivity index (χ0) is 37.3. The van der Waals surface area contributed by atoms with Crippen molar-refractivity contribution in [2.75, 3.05) is 31.4 Å². The standard InChI is InChI=1S/C40H35N5O8/c1-51-30-15-26(19-41-21-30)23-45(24-27-16-31(52-2)22-42-20-27)14-13-25-7-10-29(11-8-25)43-38(47)32-12-9-28(40(49)50)17-34(32)44-39(48)37-18-35(46)33-5-3-4-6-36(33)53-37/h3-12,15-22H,13-14,23-24H2,1-2H3,(H,43,47)(H,44,48)(H,49,50). The highest BCUT2D eigenvalue weighted by Gasteiger charge is 2.20. The molecule has 3 aromatic heterocycles. The van der Waals surface area contributed by atoms with Crippen molar-refractivity contribution in [3.05, 3.63) is 154 Å². The fourth-order valence-electron chi connectivity index (χ4n) is 5.67. The normalized spacial score (nSPS) is 10.9. The minimum absolute atomic E-state index is 0.00488. The van der Waals surface area contributed by atoms with Crippen molar-refractivity contribution < 1.29 is 33.4 Å². The molecule has 2 amide bonds. The summed E-state index contributed by atoms with van der Waals surface area (Å²) in [6, 6.07) is 22.5. The summed E-state index contributed by atoms with van der Waals surface area (Å²) in [7, 11) is 3.21. The fraction of sp³-hybridized carbons (Fsp3) is 0.150. The number of anilines is 2. The number of methoxy groups -OCH3 is 2. The summed E-state index contributed by atoms with van der Waals surface area (Å²) in [5, 5.41) is 15.2. The molecule has 53 heavy (non-hydrogen) atoms. The van der Waals surface area contributed by atoms with Crippen LogP contribution in [-0.4, -0.2) is 58.5 Å². The van der Waals surface area contributed by atoms with E-state index in [9.17, 15) is 24.3 Å². The number of hydrogen-bond donors (Lipinski definition) is 3. The average Bonchev–Trinajstić information content (AvgIpc) is 3.17. The van der Waals surface area contributed by atoms with E-state index in [4.69, 9.17) is 13.9 Å². The van der Waals surface area contributed by atoms with Crippen molar-refractivity contribution in [3.63, 3.8) is 0 Å². The van der Waals surface area contributed by atoms with Gasteiger partial charge in [0.1, 0.15) is 17.1 Å². The molecule has 0 unspecified atom stereocenters. The lowest BCUT2D eigenvalue weighted by Gasteiger charge is -2.23. The Kier molecular flexibility index (Phi) is 11.2. The van der Waals surface area contributed by atoms with Crippen LogP contribution in [0.25, 0.3) is 11.0 Å². The molecule has 0 fully saturated rings. The van der Waals surface area contributed by atoms with Gasteiger partial charge in [-0.05, 0) is 77.7 Å². The summed E-state index contributed by atoms with van der Waals surface area (Å²) in [5.74, 6) is -1.61. The van der Waals surface area contributed by atoms with Crippen molar-refractivity contribution >= 4 is 40.1 Å². The SMILES string of the molecule is COc1cncc(CN(CCc2ccc(NC(=O)c3ccc(C(=O)O)cc3NC(=O)c3cc(=O)c4ccccc4o3)cc2)Cc2cncc(OC)c2)c1. The molecule has 0 saturated heterocycles. The van der Waals surface area contributed by atoms with Crippen LogP contribution in [0.3, 0.4) is 0 Å². The zero-order valence-electron chi connectivity index (χ0n) is 28.9. The van der Waals surface area contributed by atoms with Crippen LogP contribution in [0, 0.1) is 0 Å². The molecule has 0 spiro atoms. The number of ether oxygens (including phenoxy) is 2. The van der Waals surface area contributed by atoms with Crippen molar-refractivity contribution in [2.45, 2.75) is 19.5 Å². The van der Waals surface area contributed by atoms with Crippen LogP contribution >= 0.6 is 0 Å². The number of carbonyl (C=O) groups is 3. The molecular formula is C40H35N5O8.